The second-order valence-electron chi connectivity index (χ2n) is 4.63. The highest BCUT2D eigenvalue weighted by molar-refractivity contribution is 5.85. The predicted octanol–water partition coefficient (Wildman–Crippen LogP) is 2.67. The summed E-state index contributed by atoms with van der Waals surface area (Å²) in [5, 5.41) is 8.79. The van der Waals surface area contributed by atoms with Gasteiger partial charge in [0, 0.05) is 18.2 Å². The molecule has 3 heteroatoms. The number of carboxylic acids is 1. The second-order valence-corrected chi connectivity index (χ2v) is 4.63. The van der Waals surface area contributed by atoms with E-state index in [1.54, 1.807) is 6.92 Å². The molecule has 0 aromatic carbocycles. The van der Waals surface area contributed by atoms with Crippen molar-refractivity contribution in [1.82, 2.24) is 4.90 Å². The van der Waals surface area contributed by atoms with Gasteiger partial charge in [0.2, 0.25) is 0 Å². The Hall–Kier alpha value is -0.830. The molecule has 16 heavy (non-hydrogen) atoms. The van der Waals surface area contributed by atoms with Crippen molar-refractivity contribution in [2.75, 3.05) is 13.1 Å². The third kappa shape index (κ3) is 3.97. The van der Waals surface area contributed by atoms with E-state index in [1.165, 1.54) is 32.1 Å². The number of hydrogen-bond donors (Lipinski definition) is 1. The molecule has 1 N–H and O–H groups in total. The first kappa shape index (κ1) is 13.2. The molecular weight excluding hydrogens is 202 g/mol. The number of carbonyl (C=O) groups is 1. The van der Waals surface area contributed by atoms with Crippen LogP contribution < -0.4 is 0 Å². The largest absolute Gasteiger partial charge is 0.478 e. The lowest BCUT2D eigenvalue weighted by atomic mass is 9.98. The third-order valence-corrected chi connectivity index (χ3v) is 3.34. The van der Waals surface area contributed by atoms with Gasteiger partial charge in [-0.25, -0.2) is 4.79 Å². The normalized spacial score (nSPS) is 23.4. The maximum absolute atomic E-state index is 10.7. The van der Waals surface area contributed by atoms with Crippen molar-refractivity contribution in [2.45, 2.75) is 52.0 Å². The summed E-state index contributed by atoms with van der Waals surface area (Å²) < 4.78 is 0. The molecule has 1 saturated heterocycles. The molecule has 92 valence electrons. The second kappa shape index (κ2) is 6.69. The van der Waals surface area contributed by atoms with Crippen molar-refractivity contribution in [3.63, 3.8) is 0 Å². The van der Waals surface area contributed by atoms with Gasteiger partial charge in [0.1, 0.15) is 0 Å². The Morgan fingerprint density at radius 1 is 1.50 bits per heavy atom. The molecule has 0 aliphatic carbocycles. The molecule has 0 aromatic heterocycles. The Labute approximate surface area is 98.1 Å². The summed E-state index contributed by atoms with van der Waals surface area (Å²) >= 11 is 0. The Morgan fingerprint density at radius 3 is 2.88 bits per heavy atom. The van der Waals surface area contributed by atoms with Crippen LogP contribution in [0.1, 0.15) is 46.0 Å². The van der Waals surface area contributed by atoms with Crippen LogP contribution in [0.15, 0.2) is 11.6 Å². The minimum Gasteiger partial charge on any atom is -0.478 e. The standard InChI is InChI=1S/C13H23NO2/c1-3-6-12-7-4-5-9-14(12)10-8-11(2)13(15)16/h8,12H,3-7,9-10H2,1-2H3,(H,15,16)/b11-8-. The van der Waals surface area contributed by atoms with E-state index in [0.717, 1.165) is 13.1 Å². The van der Waals surface area contributed by atoms with E-state index in [9.17, 15) is 4.79 Å². The van der Waals surface area contributed by atoms with Crippen molar-refractivity contribution < 1.29 is 9.90 Å². The summed E-state index contributed by atoms with van der Waals surface area (Å²) in [6.07, 6.45) is 8.13. The van der Waals surface area contributed by atoms with Crippen LogP contribution in [-0.4, -0.2) is 35.1 Å². The van der Waals surface area contributed by atoms with Crippen molar-refractivity contribution in [3.8, 4) is 0 Å². The number of piperidine rings is 1. The molecule has 3 nitrogen and oxygen atoms in total. The SMILES string of the molecule is CCCC1CCCCN1C/C=C(/C)C(=O)O. The maximum atomic E-state index is 10.7. The molecule has 0 bridgehead atoms. The Balaban J connectivity index is 2.49. The number of nitrogens with zero attached hydrogens (tertiary/aromatic N) is 1. The topological polar surface area (TPSA) is 40.5 Å². The van der Waals surface area contributed by atoms with Crippen LogP contribution in [0.2, 0.25) is 0 Å². The van der Waals surface area contributed by atoms with Crippen molar-refractivity contribution in [1.29, 1.82) is 0 Å². The first-order valence-corrected chi connectivity index (χ1v) is 6.29. The van der Waals surface area contributed by atoms with Gasteiger partial charge in [-0.15, -0.1) is 0 Å². The third-order valence-electron chi connectivity index (χ3n) is 3.34. The fourth-order valence-corrected chi connectivity index (χ4v) is 2.30. The number of hydrogen-bond acceptors (Lipinski definition) is 2. The van der Waals surface area contributed by atoms with Crippen LogP contribution in [-0.2, 0) is 4.79 Å². The van der Waals surface area contributed by atoms with Crippen LogP contribution >= 0.6 is 0 Å². The minimum atomic E-state index is -0.802. The zero-order valence-electron chi connectivity index (χ0n) is 10.4. The minimum absolute atomic E-state index is 0.459. The molecule has 1 aliphatic rings. The fraction of sp³-hybridized carbons (Fsp3) is 0.769. The van der Waals surface area contributed by atoms with E-state index in [1.807, 2.05) is 6.08 Å². The van der Waals surface area contributed by atoms with Crippen LogP contribution in [0, 0.1) is 0 Å². The summed E-state index contributed by atoms with van der Waals surface area (Å²) in [6.45, 7) is 5.79. The zero-order chi connectivity index (χ0) is 12.0. The quantitative estimate of drug-likeness (QED) is 0.731. The molecule has 1 heterocycles. The van der Waals surface area contributed by atoms with Crippen LogP contribution in [0.5, 0.6) is 0 Å². The average Bonchev–Trinajstić information content (AvgIpc) is 2.27. The Bertz CT molecular complexity index is 259. The van der Waals surface area contributed by atoms with Gasteiger partial charge in [0.25, 0.3) is 0 Å². The lowest BCUT2D eigenvalue weighted by Gasteiger charge is -2.35. The molecule has 1 rings (SSSR count). The monoisotopic (exact) mass is 225 g/mol. The van der Waals surface area contributed by atoms with Gasteiger partial charge in [0.05, 0.1) is 0 Å². The lowest BCUT2D eigenvalue weighted by Crippen LogP contribution is -2.39. The average molecular weight is 225 g/mol. The van der Waals surface area contributed by atoms with Crippen LogP contribution in [0.3, 0.4) is 0 Å². The Kier molecular flexibility index (Phi) is 5.53. The van der Waals surface area contributed by atoms with E-state index >= 15 is 0 Å². The first-order valence-electron chi connectivity index (χ1n) is 6.29. The predicted molar refractivity (Wildman–Crippen MR) is 65.5 cm³/mol. The fourth-order valence-electron chi connectivity index (χ4n) is 2.30. The van der Waals surface area contributed by atoms with Gasteiger partial charge >= 0.3 is 5.97 Å². The highest BCUT2D eigenvalue weighted by Crippen LogP contribution is 2.20. The number of likely N-dealkylation sites (tertiary alicyclic amines) is 1. The highest BCUT2D eigenvalue weighted by Gasteiger charge is 2.20. The number of carboxylic acid groups (broad SMARTS) is 1. The van der Waals surface area contributed by atoms with Gasteiger partial charge in [-0.3, -0.25) is 4.90 Å². The number of aliphatic carboxylic acids is 1. The van der Waals surface area contributed by atoms with E-state index in [2.05, 4.69) is 11.8 Å². The van der Waals surface area contributed by atoms with Gasteiger partial charge in [-0.1, -0.05) is 25.8 Å². The molecule has 0 aromatic rings. The van der Waals surface area contributed by atoms with Gasteiger partial charge in [-0.05, 0) is 32.7 Å². The Morgan fingerprint density at radius 2 is 2.25 bits per heavy atom. The molecule has 1 fully saturated rings. The molecule has 0 spiro atoms. The van der Waals surface area contributed by atoms with Gasteiger partial charge in [-0.2, -0.15) is 0 Å². The smallest absolute Gasteiger partial charge is 0.330 e. The van der Waals surface area contributed by atoms with Crippen molar-refractivity contribution in [2.24, 2.45) is 0 Å². The van der Waals surface area contributed by atoms with Gasteiger partial charge < -0.3 is 5.11 Å². The lowest BCUT2D eigenvalue weighted by molar-refractivity contribution is -0.132. The molecule has 1 atom stereocenters. The zero-order valence-corrected chi connectivity index (χ0v) is 10.4. The van der Waals surface area contributed by atoms with Gasteiger partial charge in [0.15, 0.2) is 0 Å². The summed E-state index contributed by atoms with van der Waals surface area (Å²) in [6, 6.07) is 0.664. The maximum Gasteiger partial charge on any atom is 0.330 e. The van der Waals surface area contributed by atoms with Crippen molar-refractivity contribution >= 4 is 5.97 Å². The summed E-state index contributed by atoms with van der Waals surface area (Å²) in [5.74, 6) is -0.802. The summed E-state index contributed by atoms with van der Waals surface area (Å²) in [4.78, 5) is 13.1. The molecular formula is C13H23NO2. The highest BCUT2D eigenvalue weighted by atomic mass is 16.4. The van der Waals surface area contributed by atoms with E-state index in [4.69, 9.17) is 5.11 Å². The van der Waals surface area contributed by atoms with Crippen LogP contribution in [0.25, 0.3) is 0 Å². The number of rotatable bonds is 5. The summed E-state index contributed by atoms with van der Waals surface area (Å²) in [7, 11) is 0. The van der Waals surface area contributed by atoms with E-state index in [0.29, 0.717) is 11.6 Å². The molecule has 0 radical (unpaired) electrons. The van der Waals surface area contributed by atoms with E-state index < -0.39 is 5.97 Å². The molecule has 0 saturated carbocycles. The molecule has 1 aliphatic heterocycles. The summed E-state index contributed by atoms with van der Waals surface area (Å²) in [5.41, 5.74) is 0.459. The van der Waals surface area contributed by atoms with E-state index in [-0.39, 0.29) is 0 Å². The van der Waals surface area contributed by atoms with Crippen molar-refractivity contribution in [3.05, 3.63) is 11.6 Å². The molecule has 1 unspecified atom stereocenters. The van der Waals surface area contributed by atoms with Crippen LogP contribution in [0.4, 0.5) is 0 Å². The molecule has 0 amide bonds. The first-order chi connectivity index (χ1) is 7.65.